The molecule has 3 aliphatic carbocycles. The van der Waals surface area contributed by atoms with Crippen LogP contribution in [0.15, 0.2) is 106 Å². The van der Waals surface area contributed by atoms with Crippen LogP contribution in [0.25, 0.3) is 32.3 Å². The summed E-state index contributed by atoms with van der Waals surface area (Å²) in [6, 6.07) is 21.4. The van der Waals surface area contributed by atoms with Crippen LogP contribution in [0, 0.1) is 0 Å². The van der Waals surface area contributed by atoms with Crippen molar-refractivity contribution in [3.8, 4) is 0 Å². The number of nitrogens with one attached hydrogen (secondary N) is 4. The van der Waals surface area contributed by atoms with Gasteiger partial charge in [-0.2, -0.15) is 28.1 Å². The van der Waals surface area contributed by atoms with Gasteiger partial charge in [-0.15, -0.1) is 0 Å². The Labute approximate surface area is 497 Å². The summed E-state index contributed by atoms with van der Waals surface area (Å²) in [5.41, 5.74) is 18.0. The highest BCUT2D eigenvalue weighted by molar-refractivity contribution is 6.36. The van der Waals surface area contributed by atoms with Crippen molar-refractivity contribution in [1.82, 2.24) is 48.9 Å². The van der Waals surface area contributed by atoms with Gasteiger partial charge in [-0.05, 0) is 112 Å². The average molecular weight is 1230 g/mol. The van der Waals surface area contributed by atoms with Crippen LogP contribution in [0.3, 0.4) is 0 Å². The zero-order valence-electron chi connectivity index (χ0n) is 45.4. The lowest BCUT2D eigenvalue weighted by Crippen LogP contribution is -2.27. The number of carbonyl (C=O) groups excluding carboxylic acids is 1. The van der Waals surface area contributed by atoms with Crippen LogP contribution in [-0.2, 0) is 6.18 Å². The normalized spacial score (nSPS) is 15.1. The number of amides is 1. The van der Waals surface area contributed by atoms with Gasteiger partial charge in [0.1, 0.15) is 27.8 Å². The maximum atomic E-state index is 13.2. The van der Waals surface area contributed by atoms with Gasteiger partial charge in [-0.3, -0.25) is 19.2 Å². The largest absolute Gasteiger partial charge is 0.421 e. The number of hydrogen-bond acceptors (Lipinski definition) is 16. The number of benzene rings is 3. The number of halogens is 7. The fraction of sp³-hybridized carbons (Fsp3) is 0.298. The SMILES string of the molecule is CNC(=O)c1cnc(N)nc1N[C@@H](C)c1cc2cccc(Cl)c2c(=O)n1C1CC1.C[C@H](Nc1nc(N)ncc1Cl)c1cc2cccc(Cl)c2c(=O)n1C1CC1.C[C@H](Nc1ncc(C(F)(F)F)c(N)n1)c1cc2cccc(Cl)c2c(=O)n1C1CC1. The monoisotopic (exact) mass is 1220 g/mol. The molecule has 10 N–H and O–H groups in total. The van der Waals surface area contributed by atoms with E-state index in [2.05, 4.69) is 51.2 Å². The van der Waals surface area contributed by atoms with Gasteiger partial charge < -0.3 is 52.2 Å². The lowest BCUT2D eigenvalue weighted by atomic mass is 10.1. The molecule has 3 aromatic carbocycles. The molecule has 436 valence electrons. The van der Waals surface area contributed by atoms with Crippen LogP contribution < -0.4 is 55.1 Å². The number of carbonyl (C=O) groups is 1. The number of hydrogen-bond donors (Lipinski definition) is 7. The van der Waals surface area contributed by atoms with E-state index in [9.17, 15) is 32.3 Å². The molecule has 6 aromatic heterocycles. The first-order valence-corrected chi connectivity index (χ1v) is 28.2. The lowest BCUT2D eigenvalue weighted by molar-refractivity contribution is -0.137. The predicted molar refractivity (Wildman–Crippen MR) is 323 cm³/mol. The summed E-state index contributed by atoms with van der Waals surface area (Å²) >= 11 is 25.0. The van der Waals surface area contributed by atoms with E-state index >= 15 is 0 Å². The van der Waals surface area contributed by atoms with E-state index in [0.29, 0.717) is 65.2 Å². The Morgan fingerprint density at radius 3 is 1.35 bits per heavy atom. The first-order chi connectivity index (χ1) is 40.0. The fourth-order valence-corrected chi connectivity index (χ4v) is 10.9. The summed E-state index contributed by atoms with van der Waals surface area (Å²) < 4.78 is 43.9. The molecule has 0 unspecified atom stereocenters. The van der Waals surface area contributed by atoms with E-state index in [1.54, 1.807) is 46.4 Å². The van der Waals surface area contributed by atoms with E-state index in [1.165, 1.54) is 19.4 Å². The van der Waals surface area contributed by atoms with Crippen LogP contribution in [0.1, 0.15) is 129 Å². The van der Waals surface area contributed by atoms with Crippen molar-refractivity contribution in [2.75, 3.05) is 40.2 Å². The first-order valence-electron chi connectivity index (χ1n) is 26.7. The fourth-order valence-electron chi connectivity index (χ4n) is 9.99. The second-order valence-corrected chi connectivity index (χ2v) is 22.3. The van der Waals surface area contributed by atoms with Crippen LogP contribution in [0.2, 0.25) is 20.1 Å². The molecule has 1 amide bonds. The molecule has 9 aromatic rings. The molecule has 12 rings (SSSR count). The van der Waals surface area contributed by atoms with Gasteiger partial charge in [0.2, 0.25) is 17.8 Å². The van der Waals surface area contributed by atoms with E-state index in [4.69, 9.17) is 63.6 Å². The van der Waals surface area contributed by atoms with Crippen molar-refractivity contribution < 1.29 is 18.0 Å². The van der Waals surface area contributed by atoms with Crippen LogP contribution in [-0.4, -0.2) is 56.6 Å². The van der Waals surface area contributed by atoms with Crippen molar-refractivity contribution in [3.05, 3.63) is 171 Å². The molecule has 3 atom stereocenters. The van der Waals surface area contributed by atoms with Gasteiger partial charge in [-0.1, -0.05) is 82.8 Å². The van der Waals surface area contributed by atoms with Crippen molar-refractivity contribution in [1.29, 1.82) is 0 Å². The third kappa shape index (κ3) is 12.4. The summed E-state index contributed by atoms with van der Waals surface area (Å²) in [7, 11) is 1.53. The maximum absolute atomic E-state index is 13.2. The minimum absolute atomic E-state index is 0.0519. The van der Waals surface area contributed by atoms with E-state index < -0.39 is 23.6 Å². The number of anilines is 6. The maximum Gasteiger partial charge on any atom is 0.421 e. The third-order valence-electron chi connectivity index (χ3n) is 14.5. The second-order valence-electron chi connectivity index (χ2n) is 20.6. The molecule has 0 saturated heterocycles. The molecule has 20 nitrogen and oxygen atoms in total. The molecule has 6 heterocycles. The first kappa shape index (κ1) is 58.9. The number of rotatable bonds is 13. The van der Waals surface area contributed by atoms with Gasteiger partial charge in [0.05, 0.1) is 55.5 Å². The van der Waals surface area contributed by atoms with Crippen LogP contribution >= 0.6 is 46.4 Å². The molecule has 84 heavy (non-hydrogen) atoms. The summed E-state index contributed by atoms with van der Waals surface area (Å²) in [5.74, 6) is -0.107. The summed E-state index contributed by atoms with van der Waals surface area (Å²) in [6.07, 6.45) is 4.45. The number of alkyl halides is 3. The Bertz CT molecular complexity index is 4250. The summed E-state index contributed by atoms with van der Waals surface area (Å²) in [5, 5.41) is 17.5. The Hall–Kier alpha value is -8.25. The molecule has 3 aliphatic rings. The van der Waals surface area contributed by atoms with Crippen molar-refractivity contribution in [2.45, 2.75) is 102 Å². The van der Waals surface area contributed by atoms with Gasteiger partial charge in [-0.25, -0.2) is 15.0 Å². The molecule has 3 fully saturated rings. The molecule has 0 aliphatic heterocycles. The van der Waals surface area contributed by atoms with Crippen LogP contribution in [0.4, 0.5) is 48.5 Å². The Morgan fingerprint density at radius 1 is 0.560 bits per heavy atom. The summed E-state index contributed by atoms with van der Waals surface area (Å²) in [4.78, 5) is 75.1. The highest BCUT2D eigenvalue weighted by atomic mass is 35.5. The zero-order chi connectivity index (χ0) is 60.1. The standard InChI is InChI=1S/C20H21ClN6O2.C19H17ClF3N5O.C18H17Cl2N5O/c1-10(25-17-13(18(28)23-2)9-24-20(22)26-17)15-8-11-4-3-5-14(21)16(11)19(29)27(15)12-6-7-12;1-9(26-18-25-8-12(16(24)27-18)19(21,22)23)14-7-10-3-2-4-13(20)15(10)17(29)28(14)11-5-6-11;1-9(23-16-13(20)8-22-18(21)24-16)14-7-10-3-2-4-12(19)15(10)17(26)25(14)11-5-6-11/h3-5,8-10,12H,6-7H2,1-2H3,(H,23,28)(H3,22,24,25,26);2-4,7-9,11H,5-6H2,1H3,(H3,24,25,26,27);2-4,7-9,11H,5-6H2,1H3,(H3,21,22,23,24)/t10-;2*9-/m000/s1. The molecular formula is C57H55Cl4F3N16O4. The molecule has 3 saturated carbocycles. The Morgan fingerprint density at radius 2 is 0.952 bits per heavy atom. The molecular weight excluding hydrogens is 1170 g/mol. The molecule has 0 spiro atoms. The molecule has 27 heteroatoms. The van der Waals surface area contributed by atoms with Gasteiger partial charge in [0, 0.05) is 54.6 Å². The van der Waals surface area contributed by atoms with Gasteiger partial charge >= 0.3 is 6.18 Å². The third-order valence-corrected chi connectivity index (χ3v) is 15.7. The minimum atomic E-state index is -4.63. The topological polar surface area (TPSA) is 287 Å². The second kappa shape index (κ2) is 23.8. The quantitative estimate of drug-likeness (QED) is 0.0565. The highest BCUT2D eigenvalue weighted by Gasteiger charge is 2.36. The van der Waals surface area contributed by atoms with Gasteiger partial charge in [0.15, 0.2) is 5.82 Å². The smallest absolute Gasteiger partial charge is 0.383 e. The molecule has 0 bridgehead atoms. The minimum Gasteiger partial charge on any atom is -0.383 e. The number of nitrogens with two attached hydrogens (primary N) is 3. The van der Waals surface area contributed by atoms with E-state index in [1.807, 2.05) is 60.9 Å². The van der Waals surface area contributed by atoms with Crippen molar-refractivity contribution >= 4 is 120 Å². The predicted octanol–water partition coefficient (Wildman–Crippen LogP) is 11.6. The lowest BCUT2D eigenvalue weighted by Gasteiger charge is -2.22. The zero-order valence-corrected chi connectivity index (χ0v) is 48.4. The summed E-state index contributed by atoms with van der Waals surface area (Å²) in [6.45, 7) is 5.65. The van der Waals surface area contributed by atoms with Gasteiger partial charge in [0.25, 0.3) is 22.6 Å². The number of nitrogen functional groups attached to an aromatic ring is 3. The highest BCUT2D eigenvalue weighted by Crippen LogP contribution is 2.41. The van der Waals surface area contributed by atoms with Crippen molar-refractivity contribution in [2.24, 2.45) is 0 Å². The molecule has 0 radical (unpaired) electrons. The average Bonchev–Trinajstić information content (AvgIpc) is 4.49. The number of nitrogens with zero attached hydrogens (tertiary/aromatic N) is 9. The van der Waals surface area contributed by atoms with E-state index in [-0.39, 0.29) is 76.2 Å². The van der Waals surface area contributed by atoms with Crippen LogP contribution in [0.5, 0.6) is 0 Å². The Balaban J connectivity index is 0.000000141. The Kier molecular flexibility index (Phi) is 16.7. The number of pyridine rings is 3. The number of fused-ring (bicyclic) bond motifs is 3. The van der Waals surface area contributed by atoms with E-state index in [0.717, 1.165) is 60.7 Å². The van der Waals surface area contributed by atoms with Crippen molar-refractivity contribution in [3.63, 3.8) is 0 Å². The number of aromatic nitrogens is 9.